The Morgan fingerprint density at radius 3 is 2.67 bits per heavy atom. The van der Waals surface area contributed by atoms with Crippen LogP contribution < -0.4 is 5.32 Å². The third-order valence-electron chi connectivity index (χ3n) is 2.45. The van der Waals surface area contributed by atoms with E-state index in [0.29, 0.717) is 13.0 Å². The summed E-state index contributed by atoms with van der Waals surface area (Å²) >= 11 is 0. The van der Waals surface area contributed by atoms with E-state index in [0.717, 1.165) is 5.69 Å². The molecule has 1 rings (SSSR count). The molecule has 0 aliphatic carbocycles. The summed E-state index contributed by atoms with van der Waals surface area (Å²) in [5.41, 5.74) is 0.912. The molecule has 0 radical (unpaired) electrons. The van der Waals surface area contributed by atoms with E-state index in [4.69, 9.17) is 10.2 Å². The van der Waals surface area contributed by atoms with E-state index in [-0.39, 0.29) is 13.0 Å². The standard InChI is InChI=1S/C12H16N2O4/c15-11(16)7-9(12(17)18)8-13-6-4-10-3-1-2-5-14-10/h1-3,5,9,13H,4,6-8H2,(H,15,16)(H,17,18). The second-order valence-electron chi connectivity index (χ2n) is 3.91. The van der Waals surface area contributed by atoms with Crippen molar-refractivity contribution < 1.29 is 19.8 Å². The smallest absolute Gasteiger partial charge is 0.308 e. The van der Waals surface area contributed by atoms with Gasteiger partial charge in [0.2, 0.25) is 0 Å². The lowest BCUT2D eigenvalue weighted by molar-refractivity contribution is -0.148. The number of carbonyl (C=O) groups is 2. The average molecular weight is 252 g/mol. The molecule has 18 heavy (non-hydrogen) atoms. The van der Waals surface area contributed by atoms with Crippen LogP contribution in [0.5, 0.6) is 0 Å². The van der Waals surface area contributed by atoms with Crippen LogP contribution >= 0.6 is 0 Å². The second-order valence-corrected chi connectivity index (χ2v) is 3.91. The lowest BCUT2D eigenvalue weighted by atomic mass is 10.1. The summed E-state index contributed by atoms with van der Waals surface area (Å²) in [5, 5.41) is 20.3. The molecule has 0 bridgehead atoms. The maximum atomic E-state index is 10.8. The van der Waals surface area contributed by atoms with Crippen LogP contribution in [0, 0.1) is 5.92 Å². The highest BCUT2D eigenvalue weighted by molar-refractivity contribution is 5.77. The van der Waals surface area contributed by atoms with E-state index >= 15 is 0 Å². The van der Waals surface area contributed by atoms with Gasteiger partial charge in [0.25, 0.3) is 0 Å². The lowest BCUT2D eigenvalue weighted by Crippen LogP contribution is -2.31. The van der Waals surface area contributed by atoms with Crippen LogP contribution in [0.3, 0.4) is 0 Å². The molecule has 98 valence electrons. The van der Waals surface area contributed by atoms with Crippen LogP contribution in [0.4, 0.5) is 0 Å². The molecule has 0 aliphatic rings. The molecular weight excluding hydrogens is 236 g/mol. The van der Waals surface area contributed by atoms with Gasteiger partial charge >= 0.3 is 11.9 Å². The van der Waals surface area contributed by atoms with Crippen molar-refractivity contribution in [2.75, 3.05) is 13.1 Å². The number of pyridine rings is 1. The Hall–Kier alpha value is -1.95. The number of carboxylic acids is 2. The van der Waals surface area contributed by atoms with Crippen molar-refractivity contribution in [3.05, 3.63) is 30.1 Å². The fourth-order valence-electron chi connectivity index (χ4n) is 1.50. The molecule has 0 spiro atoms. The number of carboxylic acid groups (broad SMARTS) is 2. The van der Waals surface area contributed by atoms with Gasteiger partial charge in [0.15, 0.2) is 0 Å². The summed E-state index contributed by atoms with van der Waals surface area (Å²) in [6.45, 7) is 0.717. The van der Waals surface area contributed by atoms with Crippen molar-refractivity contribution in [3.63, 3.8) is 0 Å². The molecule has 1 heterocycles. The summed E-state index contributed by atoms with van der Waals surface area (Å²) in [4.78, 5) is 25.4. The number of nitrogens with zero attached hydrogens (tertiary/aromatic N) is 1. The minimum absolute atomic E-state index is 0.147. The zero-order valence-electron chi connectivity index (χ0n) is 9.87. The average Bonchev–Trinajstić information content (AvgIpc) is 2.33. The number of aliphatic carboxylic acids is 2. The molecule has 6 heteroatoms. The monoisotopic (exact) mass is 252 g/mol. The van der Waals surface area contributed by atoms with Crippen molar-refractivity contribution in [1.29, 1.82) is 0 Å². The summed E-state index contributed by atoms with van der Waals surface area (Å²) in [5.74, 6) is -3.09. The first-order chi connectivity index (χ1) is 8.59. The van der Waals surface area contributed by atoms with Crippen molar-refractivity contribution in [2.45, 2.75) is 12.8 Å². The van der Waals surface area contributed by atoms with Crippen LogP contribution in [-0.4, -0.2) is 40.2 Å². The largest absolute Gasteiger partial charge is 0.481 e. The summed E-state index contributed by atoms with van der Waals surface area (Å²) in [6.07, 6.45) is 2.01. The van der Waals surface area contributed by atoms with E-state index in [1.807, 2.05) is 18.2 Å². The maximum absolute atomic E-state index is 10.8. The number of nitrogens with one attached hydrogen (secondary N) is 1. The highest BCUT2D eigenvalue weighted by Gasteiger charge is 2.20. The number of rotatable bonds is 8. The first-order valence-electron chi connectivity index (χ1n) is 5.65. The molecule has 0 aliphatic heterocycles. The molecule has 0 amide bonds. The first kappa shape index (κ1) is 14.1. The minimum atomic E-state index is -1.10. The molecule has 6 nitrogen and oxygen atoms in total. The highest BCUT2D eigenvalue weighted by Crippen LogP contribution is 2.02. The van der Waals surface area contributed by atoms with E-state index in [1.54, 1.807) is 6.20 Å². The van der Waals surface area contributed by atoms with Gasteiger partial charge in [0, 0.05) is 31.4 Å². The predicted octanol–water partition coefficient (Wildman–Crippen LogP) is 0.389. The summed E-state index contributed by atoms with van der Waals surface area (Å²) < 4.78 is 0. The number of hydrogen-bond donors (Lipinski definition) is 3. The van der Waals surface area contributed by atoms with Gasteiger partial charge < -0.3 is 15.5 Å². The van der Waals surface area contributed by atoms with Gasteiger partial charge in [0.05, 0.1) is 12.3 Å². The Labute approximate surface area is 105 Å². The predicted molar refractivity (Wildman–Crippen MR) is 64.2 cm³/mol. The zero-order valence-corrected chi connectivity index (χ0v) is 9.87. The summed E-state index contributed by atoms with van der Waals surface area (Å²) in [7, 11) is 0. The molecule has 1 aromatic rings. The number of aromatic nitrogens is 1. The molecule has 0 saturated carbocycles. The Balaban J connectivity index is 2.27. The molecular formula is C12H16N2O4. The van der Waals surface area contributed by atoms with Gasteiger partial charge in [-0.1, -0.05) is 6.07 Å². The number of hydrogen-bond acceptors (Lipinski definition) is 4. The van der Waals surface area contributed by atoms with Crippen molar-refractivity contribution in [2.24, 2.45) is 5.92 Å². The van der Waals surface area contributed by atoms with Gasteiger partial charge in [-0.15, -0.1) is 0 Å². The fraction of sp³-hybridized carbons (Fsp3) is 0.417. The zero-order chi connectivity index (χ0) is 13.4. The molecule has 1 unspecified atom stereocenters. The molecule has 1 aromatic heterocycles. The van der Waals surface area contributed by atoms with Gasteiger partial charge in [-0.2, -0.15) is 0 Å². The Morgan fingerprint density at radius 2 is 2.11 bits per heavy atom. The van der Waals surface area contributed by atoms with Crippen LogP contribution in [0.2, 0.25) is 0 Å². The highest BCUT2D eigenvalue weighted by atomic mass is 16.4. The molecule has 3 N–H and O–H groups in total. The van der Waals surface area contributed by atoms with Crippen LogP contribution in [0.25, 0.3) is 0 Å². The van der Waals surface area contributed by atoms with Crippen LogP contribution in [0.1, 0.15) is 12.1 Å². The third kappa shape index (κ3) is 5.40. The van der Waals surface area contributed by atoms with Gasteiger partial charge in [-0.25, -0.2) is 0 Å². The molecule has 0 fully saturated rings. The lowest BCUT2D eigenvalue weighted by Gasteiger charge is -2.10. The van der Waals surface area contributed by atoms with Gasteiger partial charge in [-0.3, -0.25) is 14.6 Å². The molecule has 1 atom stereocenters. The summed E-state index contributed by atoms with van der Waals surface area (Å²) in [6, 6.07) is 5.59. The first-order valence-corrected chi connectivity index (χ1v) is 5.65. The van der Waals surface area contributed by atoms with Crippen LogP contribution in [0.15, 0.2) is 24.4 Å². The van der Waals surface area contributed by atoms with Crippen LogP contribution in [-0.2, 0) is 16.0 Å². The topological polar surface area (TPSA) is 99.5 Å². The van der Waals surface area contributed by atoms with E-state index in [2.05, 4.69) is 10.3 Å². The van der Waals surface area contributed by atoms with E-state index < -0.39 is 17.9 Å². The fourth-order valence-corrected chi connectivity index (χ4v) is 1.50. The molecule has 0 aromatic carbocycles. The Kier molecular flexibility index (Phi) is 5.79. The Bertz CT molecular complexity index is 394. The minimum Gasteiger partial charge on any atom is -0.481 e. The van der Waals surface area contributed by atoms with E-state index in [9.17, 15) is 9.59 Å². The normalized spacial score (nSPS) is 12.0. The van der Waals surface area contributed by atoms with Crippen molar-refractivity contribution in [1.82, 2.24) is 10.3 Å². The quantitative estimate of drug-likeness (QED) is 0.579. The van der Waals surface area contributed by atoms with Crippen molar-refractivity contribution in [3.8, 4) is 0 Å². The SMILES string of the molecule is O=C(O)CC(CNCCc1ccccn1)C(=O)O. The third-order valence-corrected chi connectivity index (χ3v) is 2.45. The van der Waals surface area contributed by atoms with Gasteiger partial charge in [-0.05, 0) is 12.1 Å². The van der Waals surface area contributed by atoms with Crippen molar-refractivity contribution >= 4 is 11.9 Å². The van der Waals surface area contributed by atoms with Gasteiger partial charge in [0.1, 0.15) is 0 Å². The Morgan fingerprint density at radius 1 is 1.33 bits per heavy atom. The molecule has 0 saturated heterocycles. The second kappa shape index (κ2) is 7.39. The maximum Gasteiger partial charge on any atom is 0.308 e. The van der Waals surface area contributed by atoms with E-state index in [1.165, 1.54) is 0 Å².